The van der Waals surface area contributed by atoms with E-state index in [-0.39, 0.29) is 0 Å². The van der Waals surface area contributed by atoms with Crippen molar-refractivity contribution in [3.05, 3.63) is 96.3 Å². The van der Waals surface area contributed by atoms with Gasteiger partial charge in [-0.05, 0) is 47.2 Å². The van der Waals surface area contributed by atoms with Gasteiger partial charge in [0.2, 0.25) is 0 Å². The molecule has 0 atom stereocenters. The molecule has 0 radical (unpaired) electrons. The average molecular weight is 439 g/mol. The lowest BCUT2D eigenvalue weighted by molar-refractivity contribution is 1.31. The summed E-state index contributed by atoms with van der Waals surface area (Å²) in [7, 11) is 0. The van der Waals surface area contributed by atoms with Crippen molar-refractivity contribution in [1.82, 2.24) is 9.97 Å². The summed E-state index contributed by atoms with van der Waals surface area (Å²) in [6.07, 6.45) is 3.36. The van der Waals surface area contributed by atoms with Gasteiger partial charge >= 0.3 is 0 Å². The predicted molar refractivity (Wildman–Crippen MR) is 133 cm³/mol. The van der Waals surface area contributed by atoms with Crippen molar-refractivity contribution in [2.24, 2.45) is 0 Å². The molecule has 152 valence electrons. The molecule has 0 unspecified atom stereocenters. The molecule has 5 heteroatoms. The van der Waals surface area contributed by atoms with E-state index in [9.17, 15) is 10.5 Å². The van der Waals surface area contributed by atoms with Crippen LogP contribution in [0, 0.1) is 22.7 Å². The number of hydrogen-bond acceptors (Lipinski definition) is 5. The summed E-state index contributed by atoms with van der Waals surface area (Å²) in [4.78, 5) is 9.01. The highest BCUT2D eigenvalue weighted by molar-refractivity contribution is 7.26. The fourth-order valence-electron chi connectivity index (χ4n) is 4.32. The molecular formula is C28H14N4S. The Morgan fingerprint density at radius 1 is 0.636 bits per heavy atom. The molecule has 6 rings (SSSR count). The Labute approximate surface area is 193 Å². The Bertz CT molecular complexity index is 1800. The van der Waals surface area contributed by atoms with E-state index in [0.717, 1.165) is 38.0 Å². The van der Waals surface area contributed by atoms with Crippen LogP contribution in [0.5, 0.6) is 0 Å². The molecule has 0 N–H and O–H groups in total. The summed E-state index contributed by atoms with van der Waals surface area (Å²) in [5.41, 5.74) is 4.78. The molecule has 0 spiro atoms. The third-order valence-electron chi connectivity index (χ3n) is 5.83. The van der Waals surface area contributed by atoms with E-state index in [1.54, 1.807) is 35.9 Å². The van der Waals surface area contributed by atoms with Gasteiger partial charge in [-0.15, -0.1) is 11.3 Å². The zero-order chi connectivity index (χ0) is 22.4. The maximum Gasteiger partial charge on any atom is 0.0992 e. The molecule has 0 aliphatic carbocycles. The molecule has 0 aliphatic rings. The van der Waals surface area contributed by atoms with E-state index in [1.807, 2.05) is 18.2 Å². The zero-order valence-electron chi connectivity index (χ0n) is 17.3. The van der Waals surface area contributed by atoms with Gasteiger partial charge in [0, 0.05) is 43.7 Å². The lowest BCUT2D eigenvalue weighted by atomic mass is 9.96. The van der Waals surface area contributed by atoms with Crippen molar-refractivity contribution in [1.29, 1.82) is 10.5 Å². The highest BCUT2D eigenvalue weighted by Crippen LogP contribution is 2.43. The van der Waals surface area contributed by atoms with Crippen LogP contribution in [0.15, 0.2) is 85.2 Å². The molecule has 3 heterocycles. The molecule has 0 saturated heterocycles. The second kappa shape index (κ2) is 7.53. The highest BCUT2D eigenvalue weighted by Gasteiger charge is 2.15. The smallest absolute Gasteiger partial charge is 0.0992 e. The van der Waals surface area contributed by atoms with Crippen LogP contribution in [0.2, 0.25) is 0 Å². The minimum absolute atomic E-state index is 0.595. The number of pyridine rings is 2. The van der Waals surface area contributed by atoms with E-state index in [0.29, 0.717) is 11.1 Å². The van der Waals surface area contributed by atoms with Crippen LogP contribution < -0.4 is 0 Å². The average Bonchev–Trinajstić information content (AvgIpc) is 3.26. The second-order valence-electron chi connectivity index (χ2n) is 7.74. The second-order valence-corrected chi connectivity index (χ2v) is 8.82. The van der Waals surface area contributed by atoms with Crippen LogP contribution in [0.3, 0.4) is 0 Å². The molecule has 3 aromatic heterocycles. The zero-order valence-corrected chi connectivity index (χ0v) is 18.1. The minimum Gasteiger partial charge on any atom is -0.256 e. The molecule has 0 saturated carbocycles. The van der Waals surface area contributed by atoms with Gasteiger partial charge < -0.3 is 0 Å². The molecule has 0 aliphatic heterocycles. The van der Waals surface area contributed by atoms with Gasteiger partial charge in [0.1, 0.15) is 0 Å². The van der Waals surface area contributed by atoms with Gasteiger partial charge in [-0.2, -0.15) is 10.5 Å². The Hall–Kier alpha value is -4.58. The number of rotatable bonds is 2. The molecule has 0 amide bonds. The van der Waals surface area contributed by atoms with Gasteiger partial charge in [0.25, 0.3) is 0 Å². The summed E-state index contributed by atoms with van der Waals surface area (Å²) in [5.74, 6) is 0. The molecule has 3 aromatic carbocycles. The third kappa shape index (κ3) is 3.11. The minimum atomic E-state index is 0.595. The first-order valence-corrected chi connectivity index (χ1v) is 11.2. The first kappa shape index (κ1) is 19.1. The lowest BCUT2D eigenvalue weighted by Crippen LogP contribution is -1.87. The van der Waals surface area contributed by atoms with Crippen molar-refractivity contribution < 1.29 is 0 Å². The number of thiophene rings is 1. The highest BCUT2D eigenvalue weighted by atomic mass is 32.1. The van der Waals surface area contributed by atoms with Crippen molar-refractivity contribution in [3.8, 4) is 34.7 Å². The topological polar surface area (TPSA) is 73.4 Å². The quantitative estimate of drug-likeness (QED) is 0.290. The molecule has 6 aromatic rings. The summed E-state index contributed by atoms with van der Waals surface area (Å²) in [5, 5.41) is 23.3. The Morgan fingerprint density at radius 3 is 2.09 bits per heavy atom. The summed E-state index contributed by atoms with van der Waals surface area (Å²) < 4.78 is 2.33. The van der Waals surface area contributed by atoms with Crippen LogP contribution in [0.4, 0.5) is 0 Å². The van der Waals surface area contributed by atoms with Gasteiger partial charge in [-0.25, -0.2) is 0 Å². The van der Waals surface area contributed by atoms with Gasteiger partial charge in [0.05, 0.1) is 34.7 Å². The predicted octanol–water partition coefficient (Wildman–Crippen LogP) is 7.08. The van der Waals surface area contributed by atoms with Gasteiger partial charge in [-0.3, -0.25) is 9.97 Å². The van der Waals surface area contributed by atoms with Crippen LogP contribution in [0.25, 0.3) is 53.5 Å². The number of hydrogen-bond donors (Lipinski definition) is 0. The standard InChI is InChI=1S/C28H14N4S/c29-15-17-7-9-31-24(11-17)19-5-6-22-26(13-19)33-27-14-23(25-12-18(16-30)8-10-32-25)20-3-1-2-4-21(20)28(22)27/h1-14H. The Balaban J connectivity index is 1.63. The first-order chi connectivity index (χ1) is 16.2. The molecule has 4 nitrogen and oxygen atoms in total. The number of nitriles is 2. The fraction of sp³-hybridized carbons (Fsp3) is 0. The normalized spacial score (nSPS) is 11.0. The Kier molecular flexibility index (Phi) is 4.36. The SMILES string of the molecule is N#Cc1ccnc(-c2ccc3c(c2)sc2cc(-c4cc(C#N)ccn4)c4ccccc4c23)c1. The third-order valence-corrected chi connectivity index (χ3v) is 6.93. The molecule has 0 bridgehead atoms. The summed E-state index contributed by atoms with van der Waals surface area (Å²) >= 11 is 1.73. The maximum atomic E-state index is 9.34. The Morgan fingerprint density at radius 2 is 1.33 bits per heavy atom. The van der Waals surface area contributed by atoms with Crippen LogP contribution in [0.1, 0.15) is 11.1 Å². The van der Waals surface area contributed by atoms with Crippen molar-refractivity contribution in [2.45, 2.75) is 0 Å². The van der Waals surface area contributed by atoms with E-state index < -0.39 is 0 Å². The number of fused-ring (bicyclic) bond motifs is 5. The number of nitrogens with zero attached hydrogens (tertiary/aromatic N) is 4. The fourth-order valence-corrected chi connectivity index (χ4v) is 5.52. The van der Waals surface area contributed by atoms with Gasteiger partial charge in [0.15, 0.2) is 0 Å². The molecule has 33 heavy (non-hydrogen) atoms. The van der Waals surface area contributed by atoms with Crippen molar-refractivity contribution in [3.63, 3.8) is 0 Å². The van der Waals surface area contributed by atoms with Crippen molar-refractivity contribution in [2.75, 3.05) is 0 Å². The largest absolute Gasteiger partial charge is 0.256 e. The van der Waals surface area contributed by atoms with Crippen molar-refractivity contribution >= 4 is 42.3 Å². The maximum absolute atomic E-state index is 9.34. The van der Waals surface area contributed by atoms with Crippen LogP contribution in [-0.4, -0.2) is 9.97 Å². The lowest BCUT2D eigenvalue weighted by Gasteiger charge is -2.08. The summed E-state index contributed by atoms with van der Waals surface area (Å²) in [6.45, 7) is 0. The monoisotopic (exact) mass is 438 g/mol. The van der Waals surface area contributed by atoms with E-state index in [4.69, 9.17) is 0 Å². The van der Waals surface area contributed by atoms with E-state index in [2.05, 4.69) is 64.6 Å². The van der Waals surface area contributed by atoms with Gasteiger partial charge in [-0.1, -0.05) is 36.4 Å². The van der Waals surface area contributed by atoms with Crippen LogP contribution in [-0.2, 0) is 0 Å². The molecular weight excluding hydrogens is 424 g/mol. The summed E-state index contributed by atoms with van der Waals surface area (Å²) in [6, 6.07) is 28.4. The first-order valence-electron chi connectivity index (χ1n) is 10.4. The van der Waals surface area contributed by atoms with Crippen LogP contribution >= 0.6 is 11.3 Å². The molecule has 0 fully saturated rings. The van der Waals surface area contributed by atoms with E-state index in [1.165, 1.54) is 15.5 Å². The van der Waals surface area contributed by atoms with E-state index >= 15 is 0 Å². The number of aromatic nitrogens is 2. The number of benzene rings is 3.